The number of halogens is 1. The van der Waals surface area contributed by atoms with Gasteiger partial charge in [0.15, 0.2) is 6.29 Å². The molecule has 5 nitrogen and oxygen atoms in total. The minimum atomic E-state index is -4.09. The average Bonchev–Trinajstić information content (AvgIpc) is 2.41. The SMILES string of the molecule is CN1C(=O)c2ccc(F)c(C=O)c2S1(=O)=O. The fourth-order valence-corrected chi connectivity index (χ4v) is 2.99. The molecule has 0 bridgehead atoms. The zero-order valence-corrected chi connectivity index (χ0v) is 8.91. The molecule has 1 aliphatic heterocycles. The van der Waals surface area contributed by atoms with Crippen LogP contribution in [0.2, 0.25) is 0 Å². The molecule has 1 amide bonds. The van der Waals surface area contributed by atoms with E-state index in [4.69, 9.17) is 0 Å². The molecular weight excluding hydrogens is 237 g/mol. The first kappa shape index (κ1) is 10.7. The van der Waals surface area contributed by atoms with Gasteiger partial charge in [0.2, 0.25) is 0 Å². The van der Waals surface area contributed by atoms with Crippen LogP contribution in [0.15, 0.2) is 17.0 Å². The Hall–Kier alpha value is -1.76. The van der Waals surface area contributed by atoms with Crippen molar-refractivity contribution in [2.24, 2.45) is 0 Å². The van der Waals surface area contributed by atoms with Crippen LogP contribution < -0.4 is 0 Å². The van der Waals surface area contributed by atoms with Crippen molar-refractivity contribution in [2.45, 2.75) is 4.90 Å². The summed E-state index contributed by atoms with van der Waals surface area (Å²) in [5, 5.41) is 0. The van der Waals surface area contributed by atoms with Crippen molar-refractivity contribution in [1.29, 1.82) is 0 Å². The van der Waals surface area contributed by atoms with Gasteiger partial charge in [0.25, 0.3) is 15.9 Å². The number of benzene rings is 1. The Labute approximate surface area is 90.5 Å². The Kier molecular flexibility index (Phi) is 2.09. The average molecular weight is 243 g/mol. The number of amides is 1. The molecule has 0 aliphatic carbocycles. The lowest BCUT2D eigenvalue weighted by Crippen LogP contribution is -2.25. The van der Waals surface area contributed by atoms with Crippen molar-refractivity contribution >= 4 is 22.2 Å². The highest BCUT2D eigenvalue weighted by molar-refractivity contribution is 7.90. The normalized spacial score (nSPS) is 17.4. The number of rotatable bonds is 1. The van der Waals surface area contributed by atoms with Crippen LogP contribution in [0.4, 0.5) is 4.39 Å². The molecule has 2 rings (SSSR count). The summed E-state index contributed by atoms with van der Waals surface area (Å²) in [5.41, 5.74) is -0.777. The lowest BCUT2D eigenvalue weighted by molar-refractivity contribution is 0.0891. The molecule has 0 atom stereocenters. The van der Waals surface area contributed by atoms with Gasteiger partial charge in [-0.05, 0) is 12.1 Å². The number of nitrogens with zero attached hydrogens (tertiary/aromatic N) is 1. The molecule has 1 heterocycles. The molecule has 1 aromatic carbocycles. The molecule has 0 spiro atoms. The number of carbonyl (C=O) groups is 2. The van der Waals surface area contributed by atoms with Crippen LogP contribution in [-0.4, -0.2) is 32.0 Å². The van der Waals surface area contributed by atoms with E-state index in [1.807, 2.05) is 0 Å². The highest BCUT2D eigenvalue weighted by Crippen LogP contribution is 2.32. The van der Waals surface area contributed by atoms with Crippen LogP contribution in [0.25, 0.3) is 0 Å². The minimum absolute atomic E-state index is 0.0954. The number of fused-ring (bicyclic) bond motifs is 1. The zero-order chi connectivity index (χ0) is 12.1. The predicted molar refractivity (Wildman–Crippen MR) is 51.1 cm³/mol. The van der Waals surface area contributed by atoms with E-state index in [0.717, 1.165) is 19.2 Å². The monoisotopic (exact) mass is 243 g/mol. The van der Waals surface area contributed by atoms with Gasteiger partial charge in [-0.15, -0.1) is 0 Å². The van der Waals surface area contributed by atoms with E-state index < -0.39 is 32.2 Å². The predicted octanol–water partition coefficient (Wildman–Crippen LogP) is 0.413. The number of hydrogen-bond acceptors (Lipinski definition) is 4. The van der Waals surface area contributed by atoms with Crippen molar-refractivity contribution in [3.8, 4) is 0 Å². The summed E-state index contributed by atoms with van der Waals surface area (Å²) >= 11 is 0. The third-order valence-electron chi connectivity index (χ3n) is 2.40. The summed E-state index contributed by atoms with van der Waals surface area (Å²) in [6.07, 6.45) is 0.0954. The number of hydrogen-bond donors (Lipinski definition) is 0. The highest BCUT2D eigenvalue weighted by atomic mass is 32.2. The maximum absolute atomic E-state index is 13.2. The smallest absolute Gasteiger partial charge is 0.268 e. The molecule has 0 radical (unpaired) electrons. The molecule has 1 aromatic rings. The summed E-state index contributed by atoms with van der Waals surface area (Å²) in [6.45, 7) is 0. The van der Waals surface area contributed by atoms with Gasteiger partial charge < -0.3 is 0 Å². The summed E-state index contributed by atoms with van der Waals surface area (Å²) in [5.74, 6) is -1.72. The van der Waals surface area contributed by atoms with E-state index >= 15 is 0 Å². The van der Waals surface area contributed by atoms with E-state index in [2.05, 4.69) is 0 Å². The van der Waals surface area contributed by atoms with Crippen LogP contribution >= 0.6 is 0 Å². The first-order valence-corrected chi connectivity index (χ1v) is 5.66. The van der Waals surface area contributed by atoms with Gasteiger partial charge in [-0.2, -0.15) is 0 Å². The molecule has 0 unspecified atom stereocenters. The molecule has 7 heteroatoms. The van der Waals surface area contributed by atoms with Crippen molar-refractivity contribution < 1.29 is 22.4 Å². The number of carbonyl (C=O) groups excluding carboxylic acids is 2. The fraction of sp³-hybridized carbons (Fsp3) is 0.111. The second kappa shape index (κ2) is 3.11. The molecule has 84 valence electrons. The van der Waals surface area contributed by atoms with Crippen LogP contribution in [0.5, 0.6) is 0 Å². The van der Waals surface area contributed by atoms with Crippen molar-refractivity contribution in [3.63, 3.8) is 0 Å². The summed E-state index contributed by atoms with van der Waals surface area (Å²) < 4.78 is 37.1. The molecule has 0 fully saturated rings. The topological polar surface area (TPSA) is 71.5 Å². The molecule has 0 N–H and O–H groups in total. The lowest BCUT2D eigenvalue weighted by Gasteiger charge is -2.06. The summed E-state index contributed by atoms with van der Waals surface area (Å²) in [4.78, 5) is 21.6. The van der Waals surface area contributed by atoms with E-state index in [0.29, 0.717) is 4.31 Å². The van der Waals surface area contributed by atoms with Crippen molar-refractivity contribution in [1.82, 2.24) is 4.31 Å². The molecule has 16 heavy (non-hydrogen) atoms. The minimum Gasteiger partial charge on any atom is -0.298 e. The Balaban J connectivity index is 2.95. The largest absolute Gasteiger partial charge is 0.298 e. The standard InChI is InChI=1S/C9H6FNO4S/c1-11-9(13)5-2-3-7(10)6(4-12)8(5)16(11,14)15/h2-4H,1H3. The van der Waals surface area contributed by atoms with E-state index in [1.54, 1.807) is 0 Å². The molecule has 0 saturated heterocycles. The third kappa shape index (κ3) is 1.12. The fourth-order valence-electron chi connectivity index (χ4n) is 1.55. The first-order chi connectivity index (χ1) is 7.41. The Morgan fingerprint density at radius 2 is 2.00 bits per heavy atom. The van der Waals surface area contributed by atoms with Crippen LogP contribution in [0.3, 0.4) is 0 Å². The second-order valence-corrected chi connectivity index (χ2v) is 5.14. The zero-order valence-electron chi connectivity index (χ0n) is 8.10. The van der Waals surface area contributed by atoms with Gasteiger partial charge in [0.05, 0.1) is 11.1 Å². The summed E-state index contributed by atoms with van der Waals surface area (Å²) in [6, 6.07) is 1.95. The van der Waals surface area contributed by atoms with Crippen molar-refractivity contribution in [3.05, 3.63) is 29.1 Å². The second-order valence-electron chi connectivity index (χ2n) is 3.23. The molecule has 1 aliphatic rings. The number of aldehydes is 1. The maximum atomic E-state index is 13.2. The van der Waals surface area contributed by atoms with Gasteiger partial charge in [-0.1, -0.05) is 0 Å². The Bertz CT molecular complexity index is 608. The van der Waals surface area contributed by atoms with Crippen LogP contribution in [0.1, 0.15) is 20.7 Å². The Morgan fingerprint density at radius 3 is 2.56 bits per heavy atom. The van der Waals surface area contributed by atoms with Gasteiger partial charge in [-0.25, -0.2) is 17.1 Å². The Morgan fingerprint density at radius 1 is 1.38 bits per heavy atom. The molecular formula is C9H6FNO4S. The van der Waals surface area contributed by atoms with Crippen LogP contribution in [-0.2, 0) is 10.0 Å². The first-order valence-electron chi connectivity index (χ1n) is 4.22. The molecule has 0 aromatic heterocycles. The van der Waals surface area contributed by atoms with E-state index in [1.165, 1.54) is 0 Å². The number of sulfonamides is 1. The quantitative estimate of drug-likeness (QED) is 0.670. The van der Waals surface area contributed by atoms with E-state index in [-0.39, 0.29) is 11.8 Å². The maximum Gasteiger partial charge on any atom is 0.268 e. The summed E-state index contributed by atoms with van der Waals surface area (Å²) in [7, 11) is -3.03. The van der Waals surface area contributed by atoms with Gasteiger partial charge in [-0.3, -0.25) is 9.59 Å². The van der Waals surface area contributed by atoms with Gasteiger partial charge >= 0.3 is 0 Å². The van der Waals surface area contributed by atoms with Gasteiger partial charge in [0, 0.05) is 7.05 Å². The highest BCUT2D eigenvalue weighted by Gasteiger charge is 2.41. The van der Waals surface area contributed by atoms with Crippen molar-refractivity contribution in [2.75, 3.05) is 7.05 Å². The lowest BCUT2D eigenvalue weighted by atomic mass is 10.1. The third-order valence-corrected chi connectivity index (χ3v) is 4.24. The van der Waals surface area contributed by atoms with E-state index in [9.17, 15) is 22.4 Å². The molecule has 0 saturated carbocycles. The van der Waals surface area contributed by atoms with Gasteiger partial charge in [0.1, 0.15) is 10.7 Å². The van der Waals surface area contributed by atoms with Crippen LogP contribution in [0, 0.1) is 5.82 Å².